The van der Waals surface area contributed by atoms with Crippen LogP contribution in [0.2, 0.25) is 0 Å². The summed E-state index contributed by atoms with van der Waals surface area (Å²) in [6.45, 7) is -0.0601. The van der Waals surface area contributed by atoms with Gasteiger partial charge in [-0.3, -0.25) is 4.79 Å². The topological polar surface area (TPSA) is 49.8 Å². The molecule has 2 fully saturated rings. The molecule has 0 saturated heterocycles. The molecule has 4 atom stereocenters. The molecule has 1 aromatic rings. The van der Waals surface area contributed by atoms with Crippen LogP contribution >= 0.6 is 0 Å². The van der Waals surface area contributed by atoms with Crippen molar-refractivity contribution in [2.75, 3.05) is 20.8 Å². The maximum absolute atomic E-state index is 12.8. The van der Waals surface area contributed by atoms with Crippen LogP contribution in [0.5, 0.6) is 5.75 Å². The Labute approximate surface area is 132 Å². The summed E-state index contributed by atoms with van der Waals surface area (Å²) in [5.41, 5.74) is 0.947. The molecule has 1 aromatic carbocycles. The molecule has 2 saturated carbocycles. The maximum Gasteiger partial charge on any atom is 0.226 e. The molecule has 3 rings (SSSR count). The number of benzene rings is 1. The number of carbonyl (C=O) groups excluding carboxylic acids is 1. The minimum Gasteiger partial charge on any atom is -0.497 e. The summed E-state index contributed by atoms with van der Waals surface area (Å²) in [6, 6.07) is 7.30. The number of hydrogen-bond acceptors (Lipinski definition) is 3. The van der Waals surface area contributed by atoms with Gasteiger partial charge in [0.2, 0.25) is 5.91 Å². The maximum atomic E-state index is 12.8. The number of carbonyl (C=O) groups is 1. The van der Waals surface area contributed by atoms with Crippen LogP contribution in [0.15, 0.2) is 24.3 Å². The standard InChI is InChI=1S/C18H25NO3/c1-19(18(21)16-10-12-3-4-14(16)9-12)17(11-20)13-5-7-15(22-2)8-6-13/h5-8,12,14,16-17,20H,3-4,9-11H2,1-2H3/t12-,14-,16-,17+/m0/s1. The van der Waals surface area contributed by atoms with E-state index in [4.69, 9.17) is 4.74 Å². The summed E-state index contributed by atoms with van der Waals surface area (Å²) < 4.78 is 5.16. The van der Waals surface area contributed by atoms with Crippen molar-refractivity contribution in [3.8, 4) is 5.75 Å². The number of methoxy groups -OCH3 is 1. The number of amides is 1. The van der Waals surface area contributed by atoms with Crippen LogP contribution < -0.4 is 4.74 Å². The quantitative estimate of drug-likeness (QED) is 0.909. The van der Waals surface area contributed by atoms with Crippen LogP contribution in [0, 0.1) is 17.8 Å². The van der Waals surface area contributed by atoms with Gasteiger partial charge in [0.15, 0.2) is 0 Å². The Morgan fingerprint density at radius 3 is 2.55 bits per heavy atom. The first kappa shape index (κ1) is 15.3. The Morgan fingerprint density at radius 1 is 1.32 bits per heavy atom. The van der Waals surface area contributed by atoms with Gasteiger partial charge in [-0.1, -0.05) is 18.6 Å². The van der Waals surface area contributed by atoms with Crippen LogP contribution in [0.25, 0.3) is 0 Å². The SMILES string of the molecule is COc1ccc([C@@H](CO)N(C)C(=O)[C@H]2C[C@H]3CC[C@H]2C3)cc1. The summed E-state index contributed by atoms with van der Waals surface area (Å²) in [5, 5.41) is 9.77. The number of likely N-dealkylation sites (N-methyl/N-ethyl adjacent to an activating group) is 1. The molecule has 0 spiro atoms. The van der Waals surface area contributed by atoms with E-state index in [1.807, 2.05) is 31.3 Å². The Kier molecular flexibility index (Phi) is 4.39. The van der Waals surface area contributed by atoms with Gasteiger partial charge >= 0.3 is 0 Å². The average Bonchev–Trinajstić information content (AvgIpc) is 3.18. The minimum atomic E-state index is -0.280. The molecule has 0 unspecified atom stereocenters. The van der Waals surface area contributed by atoms with E-state index in [9.17, 15) is 9.90 Å². The number of aliphatic hydroxyl groups is 1. The fourth-order valence-electron chi connectivity index (χ4n) is 4.24. The van der Waals surface area contributed by atoms with Crippen molar-refractivity contribution in [2.24, 2.45) is 17.8 Å². The first-order valence-corrected chi connectivity index (χ1v) is 8.15. The molecule has 1 N–H and O–H groups in total. The lowest BCUT2D eigenvalue weighted by molar-refractivity contribution is -0.139. The fraction of sp³-hybridized carbons (Fsp3) is 0.611. The zero-order valence-corrected chi connectivity index (χ0v) is 13.4. The van der Waals surface area contributed by atoms with Crippen LogP contribution in [-0.4, -0.2) is 36.7 Å². The van der Waals surface area contributed by atoms with Crippen molar-refractivity contribution < 1.29 is 14.6 Å². The highest BCUT2D eigenvalue weighted by molar-refractivity contribution is 5.80. The largest absolute Gasteiger partial charge is 0.497 e. The normalized spacial score (nSPS) is 27.7. The van der Waals surface area contributed by atoms with E-state index in [1.165, 1.54) is 19.3 Å². The average molecular weight is 303 g/mol. The number of fused-ring (bicyclic) bond motifs is 2. The molecule has 120 valence electrons. The van der Waals surface area contributed by atoms with Gasteiger partial charge < -0.3 is 14.7 Å². The van der Waals surface area contributed by atoms with Gasteiger partial charge in [-0.2, -0.15) is 0 Å². The molecule has 2 aliphatic rings. The van der Waals surface area contributed by atoms with Crippen LogP contribution in [0.3, 0.4) is 0 Å². The van der Waals surface area contributed by atoms with E-state index in [0.29, 0.717) is 5.92 Å². The van der Waals surface area contributed by atoms with Gasteiger partial charge in [-0.05, 0) is 48.8 Å². The van der Waals surface area contributed by atoms with Crippen LogP contribution in [0.4, 0.5) is 0 Å². The highest BCUT2D eigenvalue weighted by Gasteiger charge is 2.44. The fourth-order valence-corrected chi connectivity index (χ4v) is 4.24. The predicted molar refractivity (Wildman–Crippen MR) is 84.5 cm³/mol. The third-order valence-corrected chi connectivity index (χ3v) is 5.54. The van der Waals surface area contributed by atoms with E-state index in [2.05, 4.69) is 0 Å². The third-order valence-electron chi connectivity index (χ3n) is 5.54. The Hall–Kier alpha value is -1.55. The Bertz CT molecular complexity index is 528. The lowest BCUT2D eigenvalue weighted by Gasteiger charge is -2.32. The minimum absolute atomic E-state index is 0.0601. The lowest BCUT2D eigenvalue weighted by atomic mass is 9.87. The number of nitrogens with zero attached hydrogens (tertiary/aromatic N) is 1. The highest BCUT2D eigenvalue weighted by atomic mass is 16.5. The first-order valence-electron chi connectivity index (χ1n) is 8.15. The van der Waals surface area contributed by atoms with Gasteiger partial charge in [-0.15, -0.1) is 0 Å². The van der Waals surface area contributed by atoms with Crippen molar-refractivity contribution >= 4 is 5.91 Å². The smallest absolute Gasteiger partial charge is 0.226 e. The predicted octanol–water partition coefficient (Wildman–Crippen LogP) is 2.62. The van der Waals surface area contributed by atoms with Crippen molar-refractivity contribution in [1.29, 1.82) is 0 Å². The van der Waals surface area contributed by atoms with Crippen molar-refractivity contribution in [2.45, 2.75) is 31.7 Å². The van der Waals surface area contributed by atoms with Gasteiger partial charge in [0.05, 0.1) is 19.8 Å². The van der Waals surface area contributed by atoms with Gasteiger partial charge in [0.1, 0.15) is 5.75 Å². The van der Waals surface area contributed by atoms with Crippen molar-refractivity contribution in [3.63, 3.8) is 0 Å². The zero-order chi connectivity index (χ0) is 15.7. The van der Waals surface area contributed by atoms with E-state index in [0.717, 1.165) is 23.7 Å². The molecular weight excluding hydrogens is 278 g/mol. The summed E-state index contributed by atoms with van der Waals surface area (Å²) in [5.74, 6) is 2.46. The molecule has 4 heteroatoms. The molecule has 1 amide bonds. The molecule has 0 aromatic heterocycles. The molecule has 0 radical (unpaired) electrons. The zero-order valence-electron chi connectivity index (χ0n) is 13.4. The van der Waals surface area contributed by atoms with E-state index in [-0.39, 0.29) is 24.5 Å². The molecule has 22 heavy (non-hydrogen) atoms. The number of rotatable bonds is 5. The highest BCUT2D eigenvalue weighted by Crippen LogP contribution is 2.49. The summed E-state index contributed by atoms with van der Waals surface area (Å²) >= 11 is 0. The van der Waals surface area contributed by atoms with Crippen molar-refractivity contribution in [3.05, 3.63) is 29.8 Å². The van der Waals surface area contributed by atoms with E-state index >= 15 is 0 Å². The molecule has 2 aliphatic carbocycles. The summed E-state index contributed by atoms with van der Waals surface area (Å²) in [6.07, 6.45) is 4.74. The van der Waals surface area contributed by atoms with E-state index in [1.54, 1.807) is 12.0 Å². The molecule has 0 heterocycles. The summed E-state index contributed by atoms with van der Waals surface area (Å²) in [7, 11) is 3.45. The van der Waals surface area contributed by atoms with Crippen molar-refractivity contribution in [1.82, 2.24) is 4.90 Å². The number of hydrogen-bond donors (Lipinski definition) is 1. The molecule has 4 nitrogen and oxygen atoms in total. The second-order valence-electron chi connectivity index (χ2n) is 6.70. The summed E-state index contributed by atoms with van der Waals surface area (Å²) in [4.78, 5) is 14.6. The monoisotopic (exact) mass is 303 g/mol. The second-order valence-corrected chi connectivity index (χ2v) is 6.70. The van der Waals surface area contributed by atoms with Crippen LogP contribution in [-0.2, 0) is 4.79 Å². The molecular formula is C18H25NO3. The van der Waals surface area contributed by atoms with Gasteiger partial charge in [0, 0.05) is 13.0 Å². The third kappa shape index (κ3) is 2.72. The first-order chi connectivity index (χ1) is 10.6. The Morgan fingerprint density at radius 2 is 2.05 bits per heavy atom. The van der Waals surface area contributed by atoms with Crippen LogP contribution in [0.1, 0.15) is 37.3 Å². The lowest BCUT2D eigenvalue weighted by Crippen LogP contribution is -2.39. The van der Waals surface area contributed by atoms with E-state index < -0.39 is 0 Å². The number of ether oxygens (including phenoxy) is 1. The molecule has 0 aliphatic heterocycles. The second kappa shape index (κ2) is 6.29. The number of aliphatic hydroxyl groups excluding tert-OH is 1. The Balaban J connectivity index is 1.73. The van der Waals surface area contributed by atoms with Gasteiger partial charge in [-0.25, -0.2) is 0 Å². The molecule has 2 bridgehead atoms. The van der Waals surface area contributed by atoms with Gasteiger partial charge in [0.25, 0.3) is 0 Å².